The smallest absolute Gasteiger partial charge is 0.389 e. The van der Waals surface area contributed by atoms with Crippen LogP contribution in [-0.4, -0.2) is 42.1 Å². The highest BCUT2D eigenvalue weighted by Crippen LogP contribution is 2.92. The molecule has 0 aromatic rings. The average molecular weight is 338 g/mol. The third-order valence-corrected chi connectivity index (χ3v) is 7.83. The van der Waals surface area contributed by atoms with Crippen molar-refractivity contribution in [2.24, 2.45) is 28.6 Å². The number of rotatable bonds is 6. The maximum Gasteiger partial charge on any atom is 0.392 e. The molecule has 4 aliphatic carbocycles. The molecule has 4 rings (SSSR count). The van der Waals surface area contributed by atoms with E-state index in [1.165, 1.54) is 0 Å². The quantitative estimate of drug-likeness (QED) is 0.720. The van der Waals surface area contributed by atoms with Crippen LogP contribution in [0, 0.1) is 28.6 Å². The second-order valence-electron chi connectivity index (χ2n) is 7.77. The standard InChI is InChI=1S/C14H20F2O5S/c1-2-13(17)8-3-11(5-12(10(8)11)4-9(12)13)6-21-7-14(15,16)22(18,19)20/h8-10,17H,2-7H2,1H3,(H,18,19,20). The van der Waals surface area contributed by atoms with Crippen molar-refractivity contribution < 1.29 is 31.6 Å². The lowest BCUT2D eigenvalue weighted by Crippen LogP contribution is -2.65. The first-order valence-electron chi connectivity index (χ1n) is 7.67. The van der Waals surface area contributed by atoms with E-state index in [9.17, 15) is 22.3 Å². The summed E-state index contributed by atoms with van der Waals surface area (Å²) in [5.41, 5.74) is -0.583. The van der Waals surface area contributed by atoms with Crippen molar-refractivity contribution in [2.75, 3.05) is 13.2 Å². The van der Waals surface area contributed by atoms with Crippen LogP contribution in [0.1, 0.15) is 32.6 Å². The summed E-state index contributed by atoms with van der Waals surface area (Å²) in [5, 5.41) is 6.53. The molecule has 22 heavy (non-hydrogen) atoms. The number of halogens is 2. The van der Waals surface area contributed by atoms with E-state index in [4.69, 9.17) is 9.29 Å². The average Bonchev–Trinajstić information content (AvgIpc) is 3.07. The Morgan fingerprint density at radius 3 is 2.64 bits per heavy atom. The van der Waals surface area contributed by atoms with Crippen molar-refractivity contribution >= 4 is 10.1 Å². The lowest BCUT2D eigenvalue weighted by molar-refractivity contribution is -0.239. The highest BCUT2D eigenvalue weighted by atomic mass is 32.2. The van der Waals surface area contributed by atoms with Gasteiger partial charge in [0.25, 0.3) is 0 Å². The summed E-state index contributed by atoms with van der Waals surface area (Å²) in [6.45, 7) is 0.743. The Kier molecular flexibility index (Phi) is 2.66. The van der Waals surface area contributed by atoms with E-state index in [1.54, 1.807) is 0 Å². The first kappa shape index (κ1) is 15.2. The first-order chi connectivity index (χ1) is 10.0. The molecule has 0 aliphatic heterocycles. The minimum absolute atomic E-state index is 0.0769. The molecule has 4 fully saturated rings. The number of hydrogen-bond acceptors (Lipinski definition) is 4. The zero-order valence-electron chi connectivity index (χ0n) is 12.3. The van der Waals surface area contributed by atoms with E-state index in [-0.39, 0.29) is 23.4 Å². The number of alkyl halides is 2. The lowest BCUT2D eigenvalue weighted by Gasteiger charge is -2.67. The zero-order chi connectivity index (χ0) is 16.2. The van der Waals surface area contributed by atoms with Crippen molar-refractivity contribution in [2.45, 2.75) is 43.5 Å². The van der Waals surface area contributed by atoms with E-state index >= 15 is 0 Å². The highest BCUT2D eigenvalue weighted by Gasteiger charge is 2.90. The molecular weight excluding hydrogens is 318 g/mol. The molecule has 0 heterocycles. The van der Waals surface area contributed by atoms with Crippen LogP contribution in [0.15, 0.2) is 0 Å². The highest BCUT2D eigenvalue weighted by molar-refractivity contribution is 7.86. The number of ether oxygens (including phenoxy) is 1. The minimum Gasteiger partial charge on any atom is -0.389 e. The van der Waals surface area contributed by atoms with Crippen LogP contribution in [0.4, 0.5) is 8.78 Å². The van der Waals surface area contributed by atoms with Crippen molar-refractivity contribution in [3.8, 4) is 0 Å². The normalized spacial score (nSPS) is 51.6. The summed E-state index contributed by atoms with van der Waals surface area (Å²) in [6.07, 6.45) is 3.38. The molecule has 126 valence electrons. The molecule has 0 saturated heterocycles. The van der Waals surface area contributed by atoms with E-state index in [2.05, 4.69) is 0 Å². The molecule has 0 radical (unpaired) electrons. The van der Waals surface area contributed by atoms with Gasteiger partial charge in [0, 0.05) is 0 Å². The molecule has 5 nitrogen and oxygen atoms in total. The van der Waals surface area contributed by atoms with Gasteiger partial charge in [0.15, 0.2) is 0 Å². The van der Waals surface area contributed by atoms with Gasteiger partial charge >= 0.3 is 15.4 Å². The molecule has 0 aromatic carbocycles. The van der Waals surface area contributed by atoms with Crippen LogP contribution in [0.2, 0.25) is 0 Å². The molecule has 4 aliphatic rings. The molecule has 4 saturated carbocycles. The minimum atomic E-state index is -5.44. The Hall–Kier alpha value is -0.310. The van der Waals surface area contributed by atoms with E-state index in [0.29, 0.717) is 11.8 Å². The number of aliphatic hydroxyl groups is 1. The van der Waals surface area contributed by atoms with Gasteiger partial charge in [-0.15, -0.1) is 0 Å². The van der Waals surface area contributed by atoms with Gasteiger partial charge in [-0.25, -0.2) is 0 Å². The third kappa shape index (κ3) is 1.50. The van der Waals surface area contributed by atoms with Gasteiger partial charge < -0.3 is 9.84 Å². The molecule has 8 heteroatoms. The summed E-state index contributed by atoms with van der Waals surface area (Å²) in [5.74, 6) is 0.903. The first-order valence-corrected chi connectivity index (χ1v) is 9.11. The molecule has 0 aromatic heterocycles. The monoisotopic (exact) mass is 338 g/mol. The molecule has 2 N–H and O–H groups in total. The predicted molar refractivity (Wildman–Crippen MR) is 71.7 cm³/mol. The molecule has 6 unspecified atom stereocenters. The van der Waals surface area contributed by atoms with Crippen LogP contribution in [0.3, 0.4) is 0 Å². The predicted octanol–water partition coefficient (Wildman–Crippen LogP) is 1.67. The molecule has 0 bridgehead atoms. The van der Waals surface area contributed by atoms with Crippen molar-refractivity contribution in [3.63, 3.8) is 0 Å². The van der Waals surface area contributed by atoms with E-state index in [1.807, 2.05) is 6.92 Å². The maximum absolute atomic E-state index is 13.2. The molecule has 0 amide bonds. The van der Waals surface area contributed by atoms with Gasteiger partial charge in [-0.05, 0) is 54.3 Å². The molecular formula is C14H20F2O5S. The summed E-state index contributed by atoms with van der Waals surface area (Å²) < 4.78 is 60.9. The van der Waals surface area contributed by atoms with Crippen LogP contribution in [-0.2, 0) is 14.9 Å². The second-order valence-corrected chi connectivity index (χ2v) is 9.31. The Morgan fingerprint density at radius 2 is 2.05 bits per heavy atom. The Labute approximate surface area is 127 Å². The fraction of sp³-hybridized carbons (Fsp3) is 1.00. The van der Waals surface area contributed by atoms with Crippen LogP contribution in [0.25, 0.3) is 0 Å². The van der Waals surface area contributed by atoms with Gasteiger partial charge in [-0.3, -0.25) is 4.55 Å². The van der Waals surface area contributed by atoms with Gasteiger partial charge in [0.05, 0.1) is 12.2 Å². The Bertz CT molecular complexity index is 637. The van der Waals surface area contributed by atoms with Crippen molar-refractivity contribution in [1.82, 2.24) is 0 Å². The van der Waals surface area contributed by atoms with Crippen LogP contribution >= 0.6 is 0 Å². The SMILES string of the molecule is CCC1(O)C2CC3(COCC(F)(F)S(=O)(=O)O)CC4(CC14)C23. The van der Waals surface area contributed by atoms with Gasteiger partial charge in [0.2, 0.25) is 0 Å². The van der Waals surface area contributed by atoms with Gasteiger partial charge in [-0.1, -0.05) is 6.92 Å². The van der Waals surface area contributed by atoms with E-state index in [0.717, 1.165) is 25.7 Å². The van der Waals surface area contributed by atoms with Gasteiger partial charge in [-0.2, -0.15) is 17.2 Å². The fourth-order valence-corrected chi connectivity index (χ4v) is 6.42. The third-order valence-electron chi connectivity index (χ3n) is 6.96. The largest absolute Gasteiger partial charge is 0.392 e. The molecule has 1 spiro atoms. The zero-order valence-corrected chi connectivity index (χ0v) is 13.1. The maximum atomic E-state index is 13.2. The van der Waals surface area contributed by atoms with E-state index < -0.39 is 27.6 Å². The summed E-state index contributed by atoms with van der Waals surface area (Å²) in [6, 6.07) is 0. The van der Waals surface area contributed by atoms with Gasteiger partial charge in [0.1, 0.15) is 6.61 Å². The summed E-state index contributed by atoms with van der Waals surface area (Å²) in [7, 11) is -5.44. The summed E-state index contributed by atoms with van der Waals surface area (Å²) >= 11 is 0. The number of hydrogen-bond donors (Lipinski definition) is 2. The molecule has 6 atom stereocenters. The Balaban J connectivity index is 1.40. The van der Waals surface area contributed by atoms with Crippen molar-refractivity contribution in [1.29, 1.82) is 0 Å². The van der Waals surface area contributed by atoms with Crippen molar-refractivity contribution in [3.05, 3.63) is 0 Å². The second kappa shape index (κ2) is 3.84. The topological polar surface area (TPSA) is 83.8 Å². The lowest BCUT2D eigenvalue weighted by atomic mass is 9.38. The fourth-order valence-electron chi connectivity index (χ4n) is 6.19. The van der Waals surface area contributed by atoms with Crippen LogP contribution < -0.4 is 0 Å². The Morgan fingerprint density at radius 1 is 1.36 bits per heavy atom. The summed E-state index contributed by atoms with van der Waals surface area (Å²) in [4.78, 5) is 0. The van der Waals surface area contributed by atoms with Crippen LogP contribution in [0.5, 0.6) is 0 Å².